The molecule has 0 spiro atoms. The second-order valence-electron chi connectivity index (χ2n) is 11.3. The van der Waals surface area contributed by atoms with Crippen molar-refractivity contribution in [3.05, 3.63) is 47.5 Å². The number of alkyl halides is 1. The van der Waals surface area contributed by atoms with Crippen molar-refractivity contribution in [1.82, 2.24) is 19.9 Å². The van der Waals surface area contributed by atoms with Crippen LogP contribution in [0.3, 0.4) is 0 Å². The summed E-state index contributed by atoms with van der Waals surface area (Å²) in [6.07, 6.45) is 1.64. The number of β-amino-alcohol motifs (C(OH)–C–C–N with tert-alkyl or cyclic N) is 1. The van der Waals surface area contributed by atoms with E-state index >= 15 is 4.39 Å². The molecule has 8 nitrogen and oxygen atoms in total. The summed E-state index contributed by atoms with van der Waals surface area (Å²) in [6, 6.07) is 8.43. The van der Waals surface area contributed by atoms with E-state index in [2.05, 4.69) is 19.9 Å². The van der Waals surface area contributed by atoms with Gasteiger partial charge in [0, 0.05) is 25.1 Å². The minimum absolute atomic E-state index is 0.00812. The van der Waals surface area contributed by atoms with E-state index in [9.17, 15) is 13.9 Å². The topological polar surface area (TPSA) is 83.8 Å². The highest BCUT2D eigenvalue weighted by molar-refractivity contribution is 6.02. The first-order valence-corrected chi connectivity index (χ1v) is 14.5. The normalized spacial score (nSPS) is 22.0. The molecule has 11 heteroatoms. The summed E-state index contributed by atoms with van der Waals surface area (Å²) in [6.45, 7) is 3.92. The fourth-order valence-electron chi connectivity index (χ4n) is 7.00. The maximum atomic E-state index is 16.7. The molecule has 0 radical (unpaired) electrons. The van der Waals surface area contributed by atoms with Crippen molar-refractivity contribution >= 4 is 27.5 Å². The predicted molar refractivity (Wildman–Crippen MR) is 153 cm³/mol. The van der Waals surface area contributed by atoms with Gasteiger partial charge in [0.05, 0.1) is 18.7 Å². The van der Waals surface area contributed by atoms with Crippen molar-refractivity contribution in [1.29, 1.82) is 0 Å². The second-order valence-corrected chi connectivity index (χ2v) is 11.3. The summed E-state index contributed by atoms with van der Waals surface area (Å²) in [5.74, 6) is -0.564. The summed E-state index contributed by atoms with van der Waals surface area (Å²) >= 11 is 0. The Balaban J connectivity index is 1.41. The molecule has 220 valence electrons. The molecule has 3 aliphatic rings. The van der Waals surface area contributed by atoms with Crippen LogP contribution < -0.4 is 14.4 Å². The van der Waals surface area contributed by atoms with E-state index in [0.29, 0.717) is 48.3 Å². The molecule has 0 unspecified atom stereocenters. The van der Waals surface area contributed by atoms with Crippen molar-refractivity contribution in [3.63, 3.8) is 0 Å². The standard InChI is InChI=1S/C31H32F3N5O3/c1-2-20-22(33)8-7-18-5-3-6-21(23(18)20)26-25(34)27-24-28(38(11-13-40)12-14-41-29(24)35-26)37-30(36-27)42-17-31-9-4-10-39(31)16-19(32)15-31/h3,5-8,19,40H,2,4,9-17H2,1H3/t19-,31+/m1/s1. The molecule has 2 aromatic heterocycles. The van der Waals surface area contributed by atoms with E-state index in [1.807, 2.05) is 13.0 Å². The van der Waals surface area contributed by atoms with E-state index < -0.39 is 17.5 Å². The number of ether oxygens (including phenoxy) is 2. The zero-order valence-electron chi connectivity index (χ0n) is 23.4. The van der Waals surface area contributed by atoms with Crippen molar-refractivity contribution < 1.29 is 27.8 Å². The van der Waals surface area contributed by atoms with Crippen molar-refractivity contribution in [3.8, 4) is 23.1 Å². The van der Waals surface area contributed by atoms with Crippen LogP contribution in [-0.4, -0.2) is 82.7 Å². The third-order valence-corrected chi connectivity index (χ3v) is 8.92. The number of aliphatic hydroxyl groups is 1. The molecule has 42 heavy (non-hydrogen) atoms. The zero-order valence-corrected chi connectivity index (χ0v) is 23.4. The molecule has 0 aliphatic carbocycles. The molecule has 0 saturated carbocycles. The molecular formula is C31H32F3N5O3. The van der Waals surface area contributed by atoms with Gasteiger partial charge in [-0.3, -0.25) is 4.90 Å². The Morgan fingerprint density at radius 2 is 2.00 bits per heavy atom. The number of aromatic nitrogens is 3. The van der Waals surface area contributed by atoms with Gasteiger partial charge in [0.25, 0.3) is 0 Å². The molecule has 2 saturated heterocycles. The van der Waals surface area contributed by atoms with Crippen LogP contribution in [0.4, 0.5) is 19.0 Å². The van der Waals surface area contributed by atoms with Crippen LogP contribution in [-0.2, 0) is 6.42 Å². The van der Waals surface area contributed by atoms with E-state index in [1.54, 1.807) is 23.1 Å². The number of hydrogen-bond acceptors (Lipinski definition) is 8. The Kier molecular flexibility index (Phi) is 6.81. The molecule has 2 fully saturated rings. The third-order valence-electron chi connectivity index (χ3n) is 8.92. The Hall–Kier alpha value is -3.70. The van der Waals surface area contributed by atoms with Crippen LogP contribution in [0, 0.1) is 11.6 Å². The first-order chi connectivity index (χ1) is 20.4. The number of benzene rings is 2. The largest absolute Gasteiger partial charge is 0.475 e. The fraction of sp³-hybridized carbons (Fsp3) is 0.452. The molecule has 0 amide bonds. The molecular weight excluding hydrogens is 547 g/mol. The summed E-state index contributed by atoms with van der Waals surface area (Å²) in [4.78, 5) is 17.7. The number of halogens is 3. The second kappa shape index (κ2) is 10.5. The van der Waals surface area contributed by atoms with E-state index in [1.165, 1.54) is 6.07 Å². The lowest BCUT2D eigenvalue weighted by molar-refractivity contribution is 0.107. The highest BCUT2D eigenvalue weighted by Crippen LogP contribution is 2.43. The Bertz CT molecular complexity index is 1690. The molecule has 4 aromatic rings. The van der Waals surface area contributed by atoms with E-state index in [-0.39, 0.29) is 60.7 Å². The van der Waals surface area contributed by atoms with Gasteiger partial charge in [0.1, 0.15) is 47.6 Å². The van der Waals surface area contributed by atoms with Gasteiger partial charge in [-0.1, -0.05) is 31.2 Å². The van der Waals surface area contributed by atoms with Crippen LogP contribution in [0.2, 0.25) is 0 Å². The van der Waals surface area contributed by atoms with Gasteiger partial charge in [-0.2, -0.15) is 9.97 Å². The summed E-state index contributed by atoms with van der Waals surface area (Å²) in [5.41, 5.74) is 0.424. The van der Waals surface area contributed by atoms with Crippen molar-refractivity contribution in [2.75, 3.05) is 50.9 Å². The lowest BCUT2D eigenvalue weighted by atomic mass is 9.95. The molecule has 2 atom stereocenters. The van der Waals surface area contributed by atoms with Crippen LogP contribution in [0.5, 0.6) is 11.9 Å². The number of nitrogens with zero attached hydrogens (tertiary/aromatic N) is 5. The monoisotopic (exact) mass is 579 g/mol. The molecule has 0 bridgehead atoms. The van der Waals surface area contributed by atoms with Gasteiger partial charge in [-0.15, -0.1) is 0 Å². The Labute approximate surface area is 241 Å². The van der Waals surface area contributed by atoms with Crippen LogP contribution in [0.1, 0.15) is 31.7 Å². The average molecular weight is 580 g/mol. The molecule has 5 heterocycles. The highest BCUT2D eigenvalue weighted by Gasteiger charge is 2.49. The predicted octanol–water partition coefficient (Wildman–Crippen LogP) is 4.83. The average Bonchev–Trinajstić information content (AvgIpc) is 3.45. The molecule has 1 N–H and O–H groups in total. The van der Waals surface area contributed by atoms with Crippen molar-refractivity contribution in [2.45, 2.75) is 44.3 Å². The SMILES string of the molecule is CCc1c(F)ccc2cccc(-c3nc4c5c(nc(OC[C@@]67CCCN6C[C@H](F)C7)nc5c3F)N(CCO)CCO4)c12. The van der Waals surface area contributed by atoms with Gasteiger partial charge in [-0.05, 0) is 48.2 Å². The van der Waals surface area contributed by atoms with Gasteiger partial charge in [-0.25, -0.2) is 18.2 Å². The van der Waals surface area contributed by atoms with E-state index in [0.717, 1.165) is 24.8 Å². The molecule has 2 aromatic carbocycles. The van der Waals surface area contributed by atoms with Gasteiger partial charge in [0.2, 0.25) is 5.88 Å². The first-order valence-electron chi connectivity index (χ1n) is 14.5. The number of rotatable bonds is 7. The first kappa shape index (κ1) is 27.2. The number of aryl methyl sites for hydroxylation is 1. The number of hydrogen-bond donors (Lipinski definition) is 1. The lowest BCUT2D eigenvalue weighted by Gasteiger charge is -2.31. The number of aliphatic hydroxyl groups excluding tert-OH is 1. The minimum Gasteiger partial charge on any atom is -0.475 e. The van der Waals surface area contributed by atoms with Crippen molar-refractivity contribution in [2.24, 2.45) is 0 Å². The quantitative estimate of drug-likeness (QED) is 0.334. The third kappa shape index (κ3) is 4.32. The van der Waals surface area contributed by atoms with E-state index in [4.69, 9.17) is 9.47 Å². The summed E-state index contributed by atoms with van der Waals surface area (Å²) in [7, 11) is 0. The highest BCUT2D eigenvalue weighted by atomic mass is 19.1. The van der Waals surface area contributed by atoms with Crippen LogP contribution >= 0.6 is 0 Å². The minimum atomic E-state index is -0.916. The Morgan fingerprint density at radius 1 is 1.12 bits per heavy atom. The fourth-order valence-corrected chi connectivity index (χ4v) is 7.00. The Morgan fingerprint density at radius 3 is 2.83 bits per heavy atom. The number of fused-ring (bicyclic) bond motifs is 2. The smallest absolute Gasteiger partial charge is 0.319 e. The van der Waals surface area contributed by atoms with Gasteiger partial charge >= 0.3 is 6.01 Å². The number of anilines is 1. The number of pyridine rings is 1. The van der Waals surface area contributed by atoms with Crippen LogP contribution in [0.15, 0.2) is 30.3 Å². The zero-order chi connectivity index (χ0) is 29.0. The maximum Gasteiger partial charge on any atom is 0.319 e. The summed E-state index contributed by atoms with van der Waals surface area (Å²) in [5, 5.41) is 11.4. The lowest BCUT2D eigenvalue weighted by Crippen LogP contribution is -2.43. The molecule has 7 rings (SSSR count). The van der Waals surface area contributed by atoms with Crippen LogP contribution in [0.25, 0.3) is 32.9 Å². The van der Waals surface area contributed by atoms with Gasteiger partial charge < -0.3 is 19.5 Å². The molecule has 3 aliphatic heterocycles. The van der Waals surface area contributed by atoms with Gasteiger partial charge in [0.15, 0.2) is 5.82 Å². The maximum absolute atomic E-state index is 16.7. The summed E-state index contributed by atoms with van der Waals surface area (Å²) < 4.78 is 58.1.